The van der Waals surface area contributed by atoms with Crippen molar-refractivity contribution in [3.63, 3.8) is 0 Å². The Morgan fingerprint density at radius 1 is 1.25 bits per heavy atom. The molecule has 2 N–H and O–H groups in total. The molecule has 36 heavy (non-hydrogen) atoms. The van der Waals surface area contributed by atoms with Crippen molar-refractivity contribution < 1.29 is 14.3 Å². The molecular weight excluding hydrogens is 476 g/mol. The number of nitrogens with one attached hydrogen (secondary N) is 2. The van der Waals surface area contributed by atoms with Crippen molar-refractivity contribution in [1.82, 2.24) is 9.97 Å². The number of carbonyl (C=O) groups is 1. The molecule has 0 radical (unpaired) electrons. The van der Waals surface area contributed by atoms with E-state index in [4.69, 9.17) is 21.1 Å². The van der Waals surface area contributed by atoms with Gasteiger partial charge in [-0.1, -0.05) is 57.3 Å². The third-order valence-electron chi connectivity index (χ3n) is 5.00. The number of anilines is 3. The van der Waals surface area contributed by atoms with E-state index in [1.54, 1.807) is 37.6 Å². The summed E-state index contributed by atoms with van der Waals surface area (Å²) in [6, 6.07) is 5.28. The third kappa shape index (κ3) is 7.93. The number of hydrogen-bond acceptors (Lipinski definition) is 6. The molecule has 1 amide bonds. The molecule has 0 unspecified atom stereocenters. The van der Waals surface area contributed by atoms with Crippen LogP contribution in [0.3, 0.4) is 0 Å². The highest BCUT2D eigenvalue weighted by atomic mass is 35.5. The van der Waals surface area contributed by atoms with Gasteiger partial charge in [-0.2, -0.15) is 0 Å². The van der Waals surface area contributed by atoms with Crippen LogP contribution in [-0.4, -0.2) is 36.2 Å². The summed E-state index contributed by atoms with van der Waals surface area (Å²) in [5.41, 5.74) is 4.36. The van der Waals surface area contributed by atoms with Crippen molar-refractivity contribution >= 4 is 46.5 Å². The summed E-state index contributed by atoms with van der Waals surface area (Å²) in [7, 11) is 1.59. The summed E-state index contributed by atoms with van der Waals surface area (Å²) >= 11 is 6.19. The Hall–Kier alpha value is -3.68. The van der Waals surface area contributed by atoms with E-state index < -0.39 is 0 Å². The number of ether oxygens (including phenoxy) is 2. The maximum atomic E-state index is 11.9. The van der Waals surface area contributed by atoms with Crippen molar-refractivity contribution in [1.29, 1.82) is 0 Å². The fourth-order valence-corrected chi connectivity index (χ4v) is 3.52. The Balaban J connectivity index is 0.00000222. The van der Waals surface area contributed by atoms with Crippen LogP contribution in [0.2, 0.25) is 0 Å². The first-order valence-electron chi connectivity index (χ1n) is 11.7. The molecule has 0 bridgehead atoms. The van der Waals surface area contributed by atoms with Gasteiger partial charge in [0.2, 0.25) is 11.9 Å². The number of allylic oxidation sites excluding steroid dienone is 5. The Morgan fingerprint density at radius 2 is 2.03 bits per heavy atom. The SMILES string of the molecule is C=CC(=O)Nc1cc(Nc2ncc(C=C)c(C(=C)C3=CC(Cl)=CCC3)n2)ccc1OCCOC.CC. The van der Waals surface area contributed by atoms with E-state index in [0.29, 0.717) is 47.0 Å². The van der Waals surface area contributed by atoms with Gasteiger partial charge < -0.3 is 20.1 Å². The largest absolute Gasteiger partial charge is 0.489 e. The van der Waals surface area contributed by atoms with E-state index in [1.807, 2.05) is 26.0 Å². The first-order chi connectivity index (χ1) is 17.4. The van der Waals surface area contributed by atoms with Crippen LogP contribution >= 0.6 is 11.6 Å². The number of carbonyl (C=O) groups excluding carboxylic acids is 1. The van der Waals surface area contributed by atoms with Crippen molar-refractivity contribution in [2.24, 2.45) is 0 Å². The maximum absolute atomic E-state index is 11.9. The minimum absolute atomic E-state index is 0.340. The summed E-state index contributed by atoms with van der Waals surface area (Å²) in [4.78, 5) is 21.0. The van der Waals surface area contributed by atoms with E-state index >= 15 is 0 Å². The third-order valence-corrected chi connectivity index (χ3v) is 5.26. The molecule has 1 aromatic heterocycles. The average Bonchev–Trinajstić information content (AvgIpc) is 2.90. The predicted molar refractivity (Wildman–Crippen MR) is 150 cm³/mol. The normalized spacial score (nSPS) is 12.2. The minimum Gasteiger partial charge on any atom is -0.489 e. The molecule has 0 fully saturated rings. The molecule has 0 aliphatic heterocycles. The second kappa shape index (κ2) is 14.7. The van der Waals surface area contributed by atoms with Gasteiger partial charge in [-0.3, -0.25) is 4.79 Å². The highest BCUT2D eigenvalue weighted by Crippen LogP contribution is 2.33. The molecule has 190 valence electrons. The fraction of sp³-hybridized carbons (Fsp3) is 0.250. The van der Waals surface area contributed by atoms with E-state index in [1.165, 1.54) is 6.08 Å². The summed E-state index contributed by atoms with van der Waals surface area (Å²) in [5.74, 6) is 0.519. The molecule has 7 nitrogen and oxygen atoms in total. The van der Waals surface area contributed by atoms with Gasteiger partial charge in [0.1, 0.15) is 12.4 Å². The Bertz CT molecular complexity index is 1170. The Morgan fingerprint density at radius 3 is 2.69 bits per heavy atom. The average molecular weight is 509 g/mol. The predicted octanol–water partition coefficient (Wildman–Crippen LogP) is 6.90. The molecular formula is C28H33ClN4O3. The van der Waals surface area contributed by atoms with Crippen molar-refractivity contribution in [2.75, 3.05) is 31.0 Å². The van der Waals surface area contributed by atoms with Gasteiger partial charge in [0, 0.05) is 29.6 Å². The van der Waals surface area contributed by atoms with Crippen molar-refractivity contribution in [3.8, 4) is 5.75 Å². The number of hydrogen-bond donors (Lipinski definition) is 2. The van der Waals surface area contributed by atoms with Crippen LogP contribution in [0.1, 0.15) is 37.9 Å². The standard InChI is InChI=1S/C26H27ClN4O3.C2H6/c1-5-18-16-28-26(31-25(18)17(3)19-8-7-9-20(27)14-19)29-21-10-11-23(34-13-12-33-4)22(15-21)30-24(32)6-2;1-2/h5-6,9-11,14-16H,1-3,7-8,12-13H2,4H3,(H,30,32)(H,28,29,31);1-2H3. The summed E-state index contributed by atoms with van der Waals surface area (Å²) in [6.07, 6.45) is 10.1. The summed E-state index contributed by atoms with van der Waals surface area (Å²) in [6.45, 7) is 16.4. The van der Waals surface area contributed by atoms with Crippen molar-refractivity contribution in [2.45, 2.75) is 26.7 Å². The molecule has 2 aromatic rings. The van der Waals surface area contributed by atoms with Gasteiger partial charge in [-0.05, 0) is 54.3 Å². The van der Waals surface area contributed by atoms with Crippen LogP contribution in [0, 0.1) is 0 Å². The lowest BCUT2D eigenvalue weighted by molar-refractivity contribution is -0.111. The fourth-order valence-electron chi connectivity index (χ4n) is 3.27. The van der Waals surface area contributed by atoms with E-state index in [0.717, 1.165) is 29.6 Å². The highest BCUT2D eigenvalue weighted by Gasteiger charge is 2.15. The first kappa shape index (κ1) is 28.6. The molecule has 3 rings (SSSR count). The quantitative estimate of drug-likeness (QED) is 0.254. The molecule has 1 aromatic carbocycles. The summed E-state index contributed by atoms with van der Waals surface area (Å²) < 4.78 is 10.7. The number of aromatic nitrogens is 2. The molecule has 0 atom stereocenters. The van der Waals surface area contributed by atoms with Crippen LogP contribution in [0.5, 0.6) is 5.75 Å². The monoisotopic (exact) mass is 508 g/mol. The molecule has 0 saturated heterocycles. The smallest absolute Gasteiger partial charge is 0.247 e. The highest BCUT2D eigenvalue weighted by molar-refractivity contribution is 6.31. The Kier molecular flexibility index (Phi) is 11.6. The van der Waals surface area contributed by atoms with Gasteiger partial charge in [-0.15, -0.1) is 0 Å². The molecule has 0 saturated carbocycles. The summed E-state index contributed by atoms with van der Waals surface area (Å²) in [5, 5.41) is 6.62. The number of amides is 1. The lowest BCUT2D eigenvalue weighted by atomic mass is 9.94. The van der Waals surface area contributed by atoms with Gasteiger partial charge in [0.05, 0.1) is 18.0 Å². The first-order valence-corrected chi connectivity index (χ1v) is 12.0. The van der Waals surface area contributed by atoms with Crippen LogP contribution in [0.25, 0.3) is 11.6 Å². The van der Waals surface area contributed by atoms with E-state index in [9.17, 15) is 4.79 Å². The number of halogens is 1. The second-order valence-electron chi connectivity index (χ2n) is 7.35. The lowest BCUT2D eigenvalue weighted by Crippen LogP contribution is -2.11. The number of nitrogens with zero attached hydrogens (tertiary/aromatic N) is 2. The van der Waals surface area contributed by atoms with Gasteiger partial charge in [-0.25, -0.2) is 9.97 Å². The topological polar surface area (TPSA) is 85.4 Å². The zero-order valence-corrected chi connectivity index (χ0v) is 21.8. The molecule has 0 spiro atoms. The van der Waals surface area contributed by atoms with E-state index in [2.05, 4.69) is 40.3 Å². The number of methoxy groups -OCH3 is 1. The zero-order valence-electron chi connectivity index (χ0n) is 21.1. The van der Waals surface area contributed by atoms with Crippen LogP contribution in [0.4, 0.5) is 17.3 Å². The van der Waals surface area contributed by atoms with Crippen LogP contribution < -0.4 is 15.4 Å². The van der Waals surface area contributed by atoms with E-state index in [-0.39, 0.29) is 5.91 Å². The Labute approximate surface area is 218 Å². The van der Waals surface area contributed by atoms with Crippen LogP contribution in [-0.2, 0) is 9.53 Å². The molecule has 1 aliphatic rings. The minimum atomic E-state index is -0.354. The van der Waals surface area contributed by atoms with Gasteiger partial charge in [0.15, 0.2) is 0 Å². The molecule has 1 heterocycles. The number of benzene rings is 1. The van der Waals surface area contributed by atoms with Crippen LogP contribution in [0.15, 0.2) is 73.0 Å². The lowest BCUT2D eigenvalue weighted by Gasteiger charge is -2.17. The number of rotatable bonds is 11. The second-order valence-corrected chi connectivity index (χ2v) is 7.78. The molecule has 1 aliphatic carbocycles. The molecule has 8 heteroatoms. The van der Waals surface area contributed by atoms with Gasteiger partial charge in [0.25, 0.3) is 0 Å². The maximum Gasteiger partial charge on any atom is 0.247 e. The zero-order chi connectivity index (χ0) is 26.5. The van der Waals surface area contributed by atoms with Crippen molar-refractivity contribution in [3.05, 3.63) is 84.2 Å². The van der Waals surface area contributed by atoms with Gasteiger partial charge >= 0.3 is 0 Å².